The number of aryl methyl sites for hydroxylation is 1. The molecule has 2 amide bonds. The SMILES string of the molecule is COc1nn(C)cc1NC(=O)NCc1cccc(Cl)c1OC. The van der Waals surface area contributed by atoms with Crippen molar-refractivity contribution in [3.8, 4) is 11.6 Å². The van der Waals surface area contributed by atoms with Gasteiger partial charge in [0, 0.05) is 19.2 Å². The number of nitrogens with one attached hydrogen (secondary N) is 2. The van der Waals surface area contributed by atoms with Crippen molar-refractivity contribution in [3.05, 3.63) is 35.0 Å². The molecule has 0 aliphatic heterocycles. The fourth-order valence-corrected chi connectivity index (χ4v) is 2.24. The Hall–Kier alpha value is -2.41. The molecule has 0 aliphatic carbocycles. The summed E-state index contributed by atoms with van der Waals surface area (Å²) in [4.78, 5) is 12.0. The van der Waals surface area contributed by atoms with Crippen molar-refractivity contribution in [3.63, 3.8) is 0 Å². The Morgan fingerprint density at radius 1 is 1.36 bits per heavy atom. The molecule has 1 aromatic carbocycles. The van der Waals surface area contributed by atoms with Crippen molar-refractivity contribution < 1.29 is 14.3 Å². The highest BCUT2D eigenvalue weighted by atomic mass is 35.5. The third kappa shape index (κ3) is 3.62. The predicted octanol–water partition coefficient (Wildman–Crippen LogP) is 2.41. The van der Waals surface area contributed by atoms with E-state index in [4.69, 9.17) is 21.1 Å². The average Bonchev–Trinajstić information content (AvgIpc) is 2.84. The largest absolute Gasteiger partial charge is 0.495 e. The van der Waals surface area contributed by atoms with E-state index in [0.717, 1.165) is 5.56 Å². The standard InChI is InChI=1S/C14H17ClN4O3/c1-19-8-11(13(18-19)22-3)17-14(20)16-7-9-5-4-6-10(15)12(9)21-2/h4-6,8H,7H2,1-3H3,(H2,16,17,20). The van der Waals surface area contributed by atoms with Gasteiger partial charge in [0.1, 0.15) is 11.4 Å². The Labute approximate surface area is 133 Å². The minimum atomic E-state index is -0.381. The summed E-state index contributed by atoms with van der Waals surface area (Å²) in [7, 11) is 4.76. The van der Waals surface area contributed by atoms with E-state index in [0.29, 0.717) is 22.3 Å². The van der Waals surface area contributed by atoms with Crippen LogP contribution in [0.1, 0.15) is 5.56 Å². The Balaban J connectivity index is 2.00. The monoisotopic (exact) mass is 324 g/mol. The van der Waals surface area contributed by atoms with E-state index in [1.807, 2.05) is 6.07 Å². The summed E-state index contributed by atoms with van der Waals surface area (Å²) >= 11 is 6.04. The number of anilines is 1. The Bertz CT molecular complexity index is 672. The number of halogens is 1. The van der Waals surface area contributed by atoms with Gasteiger partial charge in [0.25, 0.3) is 5.88 Å². The van der Waals surface area contributed by atoms with E-state index in [-0.39, 0.29) is 12.6 Å². The molecule has 2 N–H and O–H groups in total. The molecule has 0 saturated heterocycles. The van der Waals surface area contributed by atoms with Crippen molar-refractivity contribution in [2.75, 3.05) is 19.5 Å². The number of nitrogens with zero attached hydrogens (tertiary/aromatic N) is 2. The lowest BCUT2D eigenvalue weighted by Crippen LogP contribution is -2.28. The van der Waals surface area contributed by atoms with Crippen LogP contribution in [0.25, 0.3) is 0 Å². The van der Waals surface area contributed by atoms with Gasteiger partial charge < -0.3 is 20.1 Å². The lowest BCUT2D eigenvalue weighted by Gasteiger charge is -2.11. The Morgan fingerprint density at radius 3 is 2.82 bits per heavy atom. The topological polar surface area (TPSA) is 77.4 Å². The van der Waals surface area contributed by atoms with E-state index in [1.165, 1.54) is 14.2 Å². The highest BCUT2D eigenvalue weighted by Gasteiger charge is 2.12. The summed E-state index contributed by atoms with van der Waals surface area (Å²) in [6.45, 7) is 0.276. The lowest BCUT2D eigenvalue weighted by molar-refractivity contribution is 0.251. The Morgan fingerprint density at radius 2 is 2.14 bits per heavy atom. The molecule has 0 bridgehead atoms. The third-order valence-electron chi connectivity index (χ3n) is 2.93. The molecular weight excluding hydrogens is 308 g/mol. The number of ether oxygens (including phenoxy) is 2. The zero-order valence-corrected chi connectivity index (χ0v) is 13.3. The van der Waals surface area contributed by atoms with Gasteiger partial charge in [0.2, 0.25) is 0 Å². The van der Waals surface area contributed by atoms with Crippen LogP contribution < -0.4 is 20.1 Å². The van der Waals surface area contributed by atoms with Gasteiger partial charge >= 0.3 is 6.03 Å². The molecule has 8 heteroatoms. The summed E-state index contributed by atoms with van der Waals surface area (Å²) in [6, 6.07) is 4.97. The summed E-state index contributed by atoms with van der Waals surface area (Å²) in [5.41, 5.74) is 1.27. The van der Waals surface area contributed by atoms with E-state index in [2.05, 4.69) is 15.7 Å². The smallest absolute Gasteiger partial charge is 0.319 e. The van der Waals surface area contributed by atoms with E-state index in [9.17, 15) is 4.79 Å². The first-order valence-corrected chi connectivity index (χ1v) is 6.86. The molecular formula is C14H17ClN4O3. The first-order valence-electron chi connectivity index (χ1n) is 6.49. The number of benzene rings is 1. The van der Waals surface area contributed by atoms with Crippen LogP contribution >= 0.6 is 11.6 Å². The molecule has 0 unspecified atom stereocenters. The van der Waals surface area contributed by atoms with Crippen LogP contribution in [-0.4, -0.2) is 30.0 Å². The van der Waals surface area contributed by atoms with Gasteiger partial charge in [0.05, 0.1) is 25.4 Å². The zero-order valence-electron chi connectivity index (χ0n) is 12.5. The first-order chi connectivity index (χ1) is 10.5. The van der Waals surface area contributed by atoms with Crippen molar-refractivity contribution in [2.45, 2.75) is 6.54 Å². The van der Waals surface area contributed by atoms with Gasteiger partial charge in [-0.1, -0.05) is 23.7 Å². The number of hydrogen-bond acceptors (Lipinski definition) is 4. The number of aromatic nitrogens is 2. The second-order valence-corrected chi connectivity index (χ2v) is 4.87. The van der Waals surface area contributed by atoms with Gasteiger partial charge in [-0.3, -0.25) is 4.68 Å². The maximum atomic E-state index is 12.0. The molecule has 0 radical (unpaired) electrons. The van der Waals surface area contributed by atoms with Gasteiger partial charge in [-0.25, -0.2) is 4.79 Å². The molecule has 1 heterocycles. The minimum Gasteiger partial charge on any atom is -0.495 e. The summed E-state index contributed by atoms with van der Waals surface area (Å²) < 4.78 is 11.8. The molecule has 0 saturated carbocycles. The summed E-state index contributed by atoms with van der Waals surface area (Å²) in [6.07, 6.45) is 1.65. The van der Waals surface area contributed by atoms with Gasteiger partial charge in [-0.05, 0) is 6.07 Å². The average molecular weight is 325 g/mol. The summed E-state index contributed by atoms with van der Waals surface area (Å²) in [5, 5.41) is 9.95. The van der Waals surface area contributed by atoms with Crippen LogP contribution in [0.5, 0.6) is 11.6 Å². The number of hydrogen-bond donors (Lipinski definition) is 2. The molecule has 0 fully saturated rings. The van der Waals surface area contributed by atoms with E-state index < -0.39 is 0 Å². The predicted molar refractivity (Wildman–Crippen MR) is 83.6 cm³/mol. The van der Waals surface area contributed by atoms with Crippen LogP contribution in [0.4, 0.5) is 10.5 Å². The summed E-state index contributed by atoms with van der Waals surface area (Å²) in [5.74, 6) is 0.890. The molecule has 1 aromatic heterocycles. The number of rotatable bonds is 5. The fourth-order valence-electron chi connectivity index (χ4n) is 1.97. The highest BCUT2D eigenvalue weighted by molar-refractivity contribution is 6.32. The van der Waals surface area contributed by atoms with Crippen LogP contribution in [0.15, 0.2) is 24.4 Å². The molecule has 0 atom stereocenters. The van der Waals surface area contributed by atoms with Crippen molar-refractivity contribution in [1.29, 1.82) is 0 Å². The maximum Gasteiger partial charge on any atom is 0.319 e. The van der Waals surface area contributed by atoms with Crippen molar-refractivity contribution >= 4 is 23.3 Å². The lowest BCUT2D eigenvalue weighted by atomic mass is 10.2. The van der Waals surface area contributed by atoms with Gasteiger partial charge in [-0.15, -0.1) is 5.10 Å². The maximum absolute atomic E-state index is 12.0. The van der Waals surface area contributed by atoms with E-state index >= 15 is 0 Å². The number of amides is 2. The zero-order chi connectivity index (χ0) is 16.1. The molecule has 22 heavy (non-hydrogen) atoms. The highest BCUT2D eigenvalue weighted by Crippen LogP contribution is 2.28. The normalized spacial score (nSPS) is 10.2. The molecule has 118 valence electrons. The number of para-hydroxylation sites is 1. The molecule has 0 aliphatic rings. The van der Waals surface area contributed by atoms with Crippen molar-refractivity contribution in [2.24, 2.45) is 7.05 Å². The fraction of sp³-hybridized carbons (Fsp3) is 0.286. The minimum absolute atomic E-state index is 0.276. The number of urea groups is 1. The second-order valence-electron chi connectivity index (χ2n) is 4.47. The van der Waals surface area contributed by atoms with Gasteiger partial charge in [-0.2, -0.15) is 0 Å². The molecule has 2 aromatic rings. The van der Waals surface area contributed by atoms with Crippen LogP contribution in [0, 0.1) is 0 Å². The van der Waals surface area contributed by atoms with Crippen molar-refractivity contribution in [1.82, 2.24) is 15.1 Å². The molecule has 2 rings (SSSR count). The van der Waals surface area contributed by atoms with Crippen LogP contribution in [0.3, 0.4) is 0 Å². The molecule has 7 nitrogen and oxygen atoms in total. The van der Waals surface area contributed by atoms with Crippen LogP contribution in [0.2, 0.25) is 5.02 Å². The third-order valence-corrected chi connectivity index (χ3v) is 3.23. The molecule has 0 spiro atoms. The quantitative estimate of drug-likeness (QED) is 0.885. The number of carbonyl (C=O) groups is 1. The van der Waals surface area contributed by atoms with Crippen LogP contribution in [-0.2, 0) is 13.6 Å². The number of methoxy groups -OCH3 is 2. The number of carbonyl (C=O) groups excluding carboxylic acids is 1. The second kappa shape index (κ2) is 7.04. The van der Waals surface area contributed by atoms with Gasteiger partial charge in [0.15, 0.2) is 0 Å². The van der Waals surface area contributed by atoms with E-state index in [1.54, 1.807) is 30.1 Å². The Kier molecular flexibility index (Phi) is 5.11. The first kappa shape index (κ1) is 16.0.